The van der Waals surface area contributed by atoms with Crippen LogP contribution in [0.3, 0.4) is 0 Å². The van der Waals surface area contributed by atoms with E-state index in [2.05, 4.69) is 34.2 Å². The second-order valence-corrected chi connectivity index (χ2v) is 7.94. The number of hydrogen-bond donors (Lipinski definition) is 2. The zero-order valence-corrected chi connectivity index (χ0v) is 18.4. The summed E-state index contributed by atoms with van der Waals surface area (Å²) in [6.45, 7) is 9.40. The number of nitrogens with zero attached hydrogens (tertiary/aromatic N) is 2. The molecule has 2 N–H and O–H groups in total. The van der Waals surface area contributed by atoms with Gasteiger partial charge in [0.05, 0.1) is 31.4 Å². The molecule has 2 atom stereocenters. The fraction of sp³-hybridized carbons (Fsp3) is 0.941. The van der Waals surface area contributed by atoms with Gasteiger partial charge in [0.1, 0.15) is 0 Å². The highest BCUT2D eigenvalue weighted by Crippen LogP contribution is 2.34. The van der Waals surface area contributed by atoms with Crippen molar-refractivity contribution in [3.8, 4) is 0 Å². The molecule has 2 unspecified atom stereocenters. The number of rotatable bonds is 6. The summed E-state index contributed by atoms with van der Waals surface area (Å²) in [5.74, 6) is 3.35. The van der Waals surface area contributed by atoms with E-state index in [1.54, 1.807) is 0 Å². The molecule has 8 heteroatoms. The molecule has 3 saturated heterocycles. The summed E-state index contributed by atoms with van der Waals surface area (Å²) in [6, 6.07) is 0. The van der Waals surface area contributed by atoms with Gasteiger partial charge in [-0.05, 0) is 31.9 Å². The van der Waals surface area contributed by atoms with Crippen LogP contribution in [0, 0.1) is 0 Å². The number of morpholine rings is 1. The van der Waals surface area contributed by atoms with E-state index in [4.69, 9.17) is 14.5 Å². The van der Waals surface area contributed by atoms with Crippen LogP contribution in [0.1, 0.15) is 26.2 Å². The van der Waals surface area contributed by atoms with Gasteiger partial charge in [-0.15, -0.1) is 24.0 Å². The lowest BCUT2D eigenvalue weighted by Crippen LogP contribution is -2.56. The third-order valence-electron chi connectivity index (χ3n) is 5.16. The van der Waals surface area contributed by atoms with Crippen LogP contribution in [0.25, 0.3) is 0 Å². The molecule has 0 spiro atoms. The number of hydrogen-bond acceptors (Lipinski definition) is 5. The van der Waals surface area contributed by atoms with Gasteiger partial charge in [0.2, 0.25) is 0 Å². The maximum absolute atomic E-state index is 5.70. The SMILES string of the molecule is CCNC(=NCC1(N2CCOCC2)CCSC1)NCC1CCCO1.I. The van der Waals surface area contributed by atoms with Crippen molar-refractivity contribution < 1.29 is 9.47 Å². The van der Waals surface area contributed by atoms with E-state index < -0.39 is 0 Å². The quantitative estimate of drug-likeness (QED) is 0.339. The van der Waals surface area contributed by atoms with E-state index in [0.717, 1.165) is 64.9 Å². The summed E-state index contributed by atoms with van der Waals surface area (Å²) in [5, 5.41) is 6.85. The molecule has 3 aliphatic rings. The molecule has 25 heavy (non-hydrogen) atoms. The van der Waals surface area contributed by atoms with Crippen LogP contribution in [0.4, 0.5) is 0 Å². The first kappa shape index (κ1) is 21.5. The summed E-state index contributed by atoms with van der Waals surface area (Å²) in [6.07, 6.45) is 3.90. The summed E-state index contributed by atoms with van der Waals surface area (Å²) >= 11 is 2.06. The average molecular weight is 484 g/mol. The molecule has 0 aromatic rings. The molecule has 6 nitrogen and oxygen atoms in total. The number of halogens is 1. The van der Waals surface area contributed by atoms with Crippen molar-refractivity contribution in [1.82, 2.24) is 15.5 Å². The largest absolute Gasteiger partial charge is 0.379 e. The van der Waals surface area contributed by atoms with Crippen LogP contribution in [0.15, 0.2) is 4.99 Å². The Bertz CT molecular complexity index is 409. The van der Waals surface area contributed by atoms with Gasteiger partial charge in [0.25, 0.3) is 0 Å². The van der Waals surface area contributed by atoms with Crippen LogP contribution in [0.5, 0.6) is 0 Å². The minimum atomic E-state index is 0. The molecule has 0 radical (unpaired) electrons. The number of guanidine groups is 1. The van der Waals surface area contributed by atoms with Crippen molar-refractivity contribution in [2.75, 3.05) is 64.1 Å². The van der Waals surface area contributed by atoms with E-state index in [1.165, 1.54) is 24.3 Å². The Kier molecular flexibility index (Phi) is 9.61. The van der Waals surface area contributed by atoms with Crippen molar-refractivity contribution in [3.63, 3.8) is 0 Å². The Morgan fingerprint density at radius 2 is 2.12 bits per heavy atom. The van der Waals surface area contributed by atoms with Gasteiger partial charge < -0.3 is 20.1 Å². The van der Waals surface area contributed by atoms with Crippen LogP contribution in [-0.4, -0.2) is 86.6 Å². The first-order valence-corrected chi connectivity index (χ1v) is 10.5. The fourth-order valence-corrected chi connectivity index (χ4v) is 5.16. The molecule has 146 valence electrons. The highest BCUT2D eigenvalue weighted by atomic mass is 127. The lowest BCUT2D eigenvalue weighted by molar-refractivity contribution is -0.0104. The molecular weight excluding hydrogens is 451 g/mol. The van der Waals surface area contributed by atoms with E-state index in [0.29, 0.717) is 6.10 Å². The first-order valence-electron chi connectivity index (χ1n) is 9.37. The van der Waals surface area contributed by atoms with Crippen molar-refractivity contribution >= 4 is 41.7 Å². The van der Waals surface area contributed by atoms with Crippen molar-refractivity contribution in [2.24, 2.45) is 4.99 Å². The van der Waals surface area contributed by atoms with Gasteiger partial charge in [0.15, 0.2) is 5.96 Å². The molecule has 0 saturated carbocycles. The molecule has 3 aliphatic heterocycles. The van der Waals surface area contributed by atoms with Crippen LogP contribution < -0.4 is 10.6 Å². The Morgan fingerprint density at radius 3 is 2.76 bits per heavy atom. The van der Waals surface area contributed by atoms with Gasteiger partial charge in [-0.25, -0.2) is 0 Å². The molecule has 0 aliphatic carbocycles. The van der Waals surface area contributed by atoms with Crippen molar-refractivity contribution in [1.29, 1.82) is 0 Å². The van der Waals surface area contributed by atoms with Gasteiger partial charge >= 0.3 is 0 Å². The van der Waals surface area contributed by atoms with Gasteiger partial charge in [0, 0.05) is 38.5 Å². The second-order valence-electron chi connectivity index (χ2n) is 6.84. The molecular formula is C17H33IN4O2S. The highest BCUT2D eigenvalue weighted by molar-refractivity contribution is 14.0. The maximum atomic E-state index is 5.70. The Morgan fingerprint density at radius 1 is 1.28 bits per heavy atom. The van der Waals surface area contributed by atoms with Gasteiger partial charge in [-0.2, -0.15) is 11.8 Å². The number of thioether (sulfide) groups is 1. The van der Waals surface area contributed by atoms with Gasteiger partial charge in [-0.3, -0.25) is 9.89 Å². The zero-order valence-electron chi connectivity index (χ0n) is 15.3. The van der Waals surface area contributed by atoms with Crippen molar-refractivity contribution in [3.05, 3.63) is 0 Å². The number of ether oxygens (including phenoxy) is 2. The lowest BCUT2D eigenvalue weighted by atomic mass is 9.96. The van der Waals surface area contributed by atoms with Crippen molar-refractivity contribution in [2.45, 2.75) is 37.8 Å². The zero-order chi connectivity index (χ0) is 16.7. The molecule has 0 aromatic carbocycles. The van der Waals surface area contributed by atoms with E-state index in [9.17, 15) is 0 Å². The third-order valence-corrected chi connectivity index (χ3v) is 6.40. The normalized spacial score (nSPS) is 30.9. The highest BCUT2D eigenvalue weighted by Gasteiger charge is 2.40. The summed E-state index contributed by atoms with van der Waals surface area (Å²) in [5.41, 5.74) is 0.209. The monoisotopic (exact) mass is 484 g/mol. The topological polar surface area (TPSA) is 58.1 Å². The van der Waals surface area contributed by atoms with Gasteiger partial charge in [-0.1, -0.05) is 0 Å². The van der Waals surface area contributed by atoms with Crippen LogP contribution >= 0.6 is 35.7 Å². The summed E-state index contributed by atoms with van der Waals surface area (Å²) < 4.78 is 11.2. The minimum absolute atomic E-state index is 0. The summed E-state index contributed by atoms with van der Waals surface area (Å²) in [7, 11) is 0. The summed E-state index contributed by atoms with van der Waals surface area (Å²) in [4.78, 5) is 7.56. The smallest absolute Gasteiger partial charge is 0.191 e. The Hall–Kier alpha value is 0.230. The minimum Gasteiger partial charge on any atom is -0.379 e. The lowest BCUT2D eigenvalue weighted by Gasteiger charge is -2.42. The van der Waals surface area contributed by atoms with E-state index >= 15 is 0 Å². The standard InChI is InChI=1S/C17H32N4O2S.HI/c1-2-18-16(19-12-15-4-3-8-23-15)20-13-17(5-11-24-14-17)21-6-9-22-10-7-21;/h15H,2-14H2,1H3,(H2,18,19,20);1H. The molecule has 3 rings (SSSR count). The number of aliphatic imine (C=N–C) groups is 1. The maximum Gasteiger partial charge on any atom is 0.191 e. The predicted octanol–water partition coefficient (Wildman–Crippen LogP) is 1.55. The molecule has 0 amide bonds. The average Bonchev–Trinajstić information content (AvgIpc) is 3.31. The Labute approximate surface area is 173 Å². The Balaban J connectivity index is 0.00000225. The second kappa shape index (κ2) is 11.2. The molecule has 0 bridgehead atoms. The predicted molar refractivity (Wildman–Crippen MR) is 115 cm³/mol. The fourth-order valence-electron chi connectivity index (χ4n) is 3.69. The van der Waals surface area contributed by atoms with Crippen LogP contribution in [-0.2, 0) is 9.47 Å². The first-order chi connectivity index (χ1) is 11.8. The van der Waals surface area contributed by atoms with Crippen LogP contribution in [0.2, 0.25) is 0 Å². The number of nitrogens with one attached hydrogen (secondary N) is 2. The van der Waals surface area contributed by atoms with E-state index in [1.807, 2.05) is 0 Å². The molecule has 0 aromatic heterocycles. The third kappa shape index (κ3) is 6.12. The molecule has 3 fully saturated rings. The molecule has 3 heterocycles. The van der Waals surface area contributed by atoms with E-state index in [-0.39, 0.29) is 29.5 Å².